The molecule has 2 aliphatic rings. The number of Topliss-reactive ketones (excluding diaryl/α,β-unsaturated/α-hetero) is 1. The van der Waals surface area contributed by atoms with Crippen molar-refractivity contribution in [1.82, 2.24) is 0 Å². The molecule has 14 atom stereocenters. The zero-order valence-electron chi connectivity index (χ0n) is 17.7. The normalized spacial score (nSPS) is 42.6. The van der Waals surface area contributed by atoms with Gasteiger partial charge in [-0.15, -0.1) is 0 Å². The molecule has 0 aromatic heterocycles. The van der Waals surface area contributed by atoms with Crippen LogP contribution in [0, 0.1) is 0 Å². The fraction of sp³-hybridized carbons (Fsp3) is 0.944. The number of ether oxygens (including phenoxy) is 3. The Balaban J connectivity index is 2.15. The molecule has 2 aliphatic heterocycles. The first-order chi connectivity index (χ1) is 15.9. The van der Waals surface area contributed by atoms with Gasteiger partial charge in [0.1, 0.15) is 79.4 Å². The van der Waals surface area contributed by atoms with Crippen LogP contribution in [0.2, 0.25) is 0 Å². The number of carbonyl (C=O) groups is 1. The van der Waals surface area contributed by atoms with Crippen LogP contribution in [0.1, 0.15) is 0 Å². The highest BCUT2D eigenvalue weighted by molar-refractivity contribution is 5.88. The van der Waals surface area contributed by atoms with E-state index in [1.807, 2.05) is 0 Å². The van der Waals surface area contributed by atoms with E-state index in [4.69, 9.17) is 19.3 Å². The molecule has 0 aromatic carbocycles. The Kier molecular flexibility index (Phi) is 10.6. The second kappa shape index (κ2) is 12.3. The van der Waals surface area contributed by atoms with Gasteiger partial charge in [-0.05, 0) is 0 Å². The van der Waals surface area contributed by atoms with Crippen LogP contribution in [0.15, 0.2) is 0 Å². The summed E-state index contributed by atoms with van der Waals surface area (Å²) in [7, 11) is 0. The van der Waals surface area contributed by atoms with E-state index >= 15 is 0 Å². The monoisotopic (exact) mass is 504 g/mol. The van der Waals surface area contributed by atoms with Gasteiger partial charge in [-0.2, -0.15) is 0 Å². The quantitative estimate of drug-likeness (QED) is 0.131. The Morgan fingerprint density at radius 1 is 0.735 bits per heavy atom. The van der Waals surface area contributed by atoms with Crippen LogP contribution in [-0.2, 0) is 19.0 Å². The highest BCUT2D eigenvalue weighted by Crippen LogP contribution is 2.30. The van der Waals surface area contributed by atoms with Crippen molar-refractivity contribution < 1.29 is 80.3 Å². The average Bonchev–Trinajstić information content (AvgIpc) is 2.84. The van der Waals surface area contributed by atoms with Gasteiger partial charge in [0.05, 0.1) is 19.8 Å². The summed E-state index contributed by atoms with van der Waals surface area (Å²) in [6.45, 7) is -2.74. The topological polar surface area (TPSA) is 288 Å². The third kappa shape index (κ3) is 5.89. The summed E-state index contributed by atoms with van der Waals surface area (Å²) in [5.41, 5.74) is 0. The third-order valence-corrected chi connectivity index (χ3v) is 5.83. The van der Waals surface area contributed by atoms with E-state index in [0.717, 1.165) is 0 Å². The number of hydrogen-bond donors (Lipinski definition) is 12. The number of ketones is 1. The lowest BCUT2D eigenvalue weighted by Gasteiger charge is -2.46. The molecule has 2 saturated heterocycles. The predicted octanol–water partition coefficient (Wildman–Crippen LogP) is -8.34. The van der Waals surface area contributed by atoms with Crippen LogP contribution in [0.4, 0.5) is 0 Å². The Morgan fingerprint density at radius 2 is 1.32 bits per heavy atom. The fourth-order valence-electron chi connectivity index (χ4n) is 3.68. The second-order valence-corrected chi connectivity index (χ2v) is 8.14. The van der Waals surface area contributed by atoms with E-state index in [0.29, 0.717) is 0 Å². The highest BCUT2D eigenvalue weighted by Gasteiger charge is 2.53. The van der Waals surface area contributed by atoms with Gasteiger partial charge in [0.15, 0.2) is 12.1 Å². The van der Waals surface area contributed by atoms with Crippen molar-refractivity contribution in [2.75, 3.05) is 19.8 Å². The minimum atomic E-state index is -2.45. The number of carbonyl (C=O) groups excluding carboxylic acids is 1. The summed E-state index contributed by atoms with van der Waals surface area (Å²) >= 11 is 0. The molecule has 2 rings (SSSR count). The number of aliphatic hydroxyl groups excluding tert-OH is 12. The van der Waals surface area contributed by atoms with Gasteiger partial charge in [-0.1, -0.05) is 0 Å². The van der Waals surface area contributed by atoms with E-state index in [2.05, 4.69) is 0 Å². The van der Waals surface area contributed by atoms with Crippen molar-refractivity contribution >= 4 is 5.78 Å². The first-order valence-corrected chi connectivity index (χ1v) is 10.4. The lowest BCUT2D eigenvalue weighted by atomic mass is 9.89. The van der Waals surface area contributed by atoms with Crippen LogP contribution in [0.25, 0.3) is 0 Å². The molecule has 0 radical (unpaired) electrons. The predicted molar refractivity (Wildman–Crippen MR) is 103 cm³/mol. The lowest BCUT2D eigenvalue weighted by Crippen LogP contribution is -2.66. The van der Waals surface area contributed by atoms with Crippen molar-refractivity contribution in [3.8, 4) is 0 Å². The van der Waals surface area contributed by atoms with Crippen LogP contribution in [-0.4, -0.2) is 173 Å². The summed E-state index contributed by atoms with van der Waals surface area (Å²) < 4.78 is 15.7. The van der Waals surface area contributed by atoms with E-state index in [-0.39, 0.29) is 0 Å². The van der Waals surface area contributed by atoms with Gasteiger partial charge in [0, 0.05) is 0 Å². The molecule has 16 nitrogen and oxygen atoms in total. The van der Waals surface area contributed by atoms with Crippen molar-refractivity contribution in [2.24, 2.45) is 0 Å². The van der Waals surface area contributed by atoms with E-state index < -0.39 is 111 Å². The Morgan fingerprint density at radius 3 is 1.85 bits per heavy atom. The molecule has 0 spiro atoms. The van der Waals surface area contributed by atoms with Crippen LogP contribution < -0.4 is 0 Å². The average molecular weight is 504 g/mol. The van der Waals surface area contributed by atoms with Crippen molar-refractivity contribution in [1.29, 1.82) is 0 Å². The van der Waals surface area contributed by atoms with Crippen molar-refractivity contribution in [2.45, 2.75) is 85.6 Å². The molecular weight excluding hydrogens is 472 g/mol. The molecule has 0 aromatic rings. The molecule has 0 aliphatic carbocycles. The maximum absolute atomic E-state index is 12.5. The van der Waals surface area contributed by atoms with Crippen LogP contribution >= 0.6 is 0 Å². The Hall–Kier alpha value is -0.930. The molecule has 1 unspecified atom stereocenters. The molecule has 12 N–H and O–H groups in total. The van der Waals surface area contributed by atoms with Crippen LogP contribution in [0.3, 0.4) is 0 Å². The molecule has 16 heteroatoms. The molecule has 2 heterocycles. The maximum Gasteiger partial charge on any atom is 0.195 e. The minimum absolute atomic E-state index is 0.784. The zero-order chi connectivity index (χ0) is 25.9. The van der Waals surface area contributed by atoms with Crippen LogP contribution in [0.5, 0.6) is 0 Å². The second-order valence-electron chi connectivity index (χ2n) is 8.14. The maximum atomic E-state index is 12.5. The molecule has 0 bridgehead atoms. The zero-order valence-corrected chi connectivity index (χ0v) is 17.7. The fourth-order valence-corrected chi connectivity index (χ4v) is 3.68. The van der Waals surface area contributed by atoms with Gasteiger partial charge in [0.2, 0.25) is 0 Å². The molecule has 0 saturated carbocycles. The van der Waals surface area contributed by atoms with E-state index in [1.165, 1.54) is 0 Å². The SMILES string of the molecule is O=C(C1O[C@H](CO)[C@@H](O[C@@H]2O[C@H](CO)[C@H](O)[C@H](O)[C@H]2O)[C@H](O)[C@H]1O)[C@H](O)[C@@H](O)[C@@H](O)[C@H](O)CO. The van der Waals surface area contributed by atoms with Crippen molar-refractivity contribution in [3.05, 3.63) is 0 Å². The summed E-state index contributed by atoms with van der Waals surface area (Å²) in [6, 6.07) is 0. The molecule has 200 valence electrons. The first kappa shape index (κ1) is 29.3. The Labute approximate surface area is 192 Å². The standard InChI is InChI=1S/C18H32O16/c19-1-4(22)7(23)9(25)11(27)12(28)17-14(30)13(29)16(6(3-21)32-17)34-18-15(31)10(26)8(24)5(2-20)33-18/h4-11,13-27,29-31H,1-3H2/t4-,5-,6-,7+,8+,9+,10+,11-,13-,14-,15-,16-,17?,18+/m1/s1. The van der Waals surface area contributed by atoms with E-state index in [9.17, 15) is 61.0 Å². The van der Waals surface area contributed by atoms with Gasteiger partial charge >= 0.3 is 0 Å². The van der Waals surface area contributed by atoms with Crippen molar-refractivity contribution in [3.63, 3.8) is 0 Å². The van der Waals surface area contributed by atoms with Gasteiger partial charge in [-0.3, -0.25) is 4.79 Å². The third-order valence-electron chi connectivity index (χ3n) is 5.83. The van der Waals surface area contributed by atoms with Gasteiger partial charge in [0.25, 0.3) is 0 Å². The molecular formula is C18H32O16. The molecule has 34 heavy (non-hydrogen) atoms. The van der Waals surface area contributed by atoms with Gasteiger partial charge < -0.3 is 75.5 Å². The number of rotatable bonds is 10. The summed E-state index contributed by atoms with van der Waals surface area (Å²) in [6.07, 6.45) is -27.0. The first-order valence-electron chi connectivity index (χ1n) is 10.4. The van der Waals surface area contributed by atoms with E-state index in [1.54, 1.807) is 0 Å². The number of hydrogen-bond acceptors (Lipinski definition) is 16. The molecule has 2 fully saturated rings. The Bertz CT molecular complexity index is 647. The summed E-state index contributed by atoms with van der Waals surface area (Å²) in [4.78, 5) is 12.5. The highest BCUT2D eigenvalue weighted by atomic mass is 16.7. The largest absolute Gasteiger partial charge is 0.394 e. The molecule has 0 amide bonds. The smallest absolute Gasteiger partial charge is 0.195 e. The number of aliphatic hydroxyl groups is 12. The summed E-state index contributed by atoms with van der Waals surface area (Å²) in [5, 5.41) is 117. The summed E-state index contributed by atoms with van der Waals surface area (Å²) in [5.74, 6) is -1.45. The minimum Gasteiger partial charge on any atom is -0.394 e. The van der Waals surface area contributed by atoms with Gasteiger partial charge in [-0.25, -0.2) is 0 Å². The lowest BCUT2D eigenvalue weighted by molar-refractivity contribution is -0.340.